The van der Waals surface area contributed by atoms with Gasteiger partial charge in [0, 0.05) is 42.6 Å². The van der Waals surface area contributed by atoms with Crippen LogP contribution < -0.4 is 15.5 Å². The third kappa shape index (κ3) is 4.53. The van der Waals surface area contributed by atoms with E-state index in [0.29, 0.717) is 25.1 Å². The van der Waals surface area contributed by atoms with E-state index in [-0.39, 0.29) is 29.2 Å². The highest BCUT2D eigenvalue weighted by Gasteiger charge is 2.45. The maximum absolute atomic E-state index is 14.0. The van der Waals surface area contributed by atoms with E-state index in [1.165, 1.54) is 19.3 Å². The number of anilines is 2. The van der Waals surface area contributed by atoms with Crippen molar-refractivity contribution in [2.45, 2.75) is 19.1 Å². The number of urea groups is 1. The first-order chi connectivity index (χ1) is 15.6. The SMILES string of the molecule is Cc1c(C(NC(=O)Nc2cnc(N3CC(CO)C3)nc2)C(F)(F)F)oc2c(F)cc(F)cc12. The molecule has 3 N–H and O–H groups in total. The number of aromatic nitrogens is 2. The fourth-order valence-corrected chi connectivity index (χ4v) is 3.53. The van der Waals surface area contributed by atoms with Gasteiger partial charge in [0.05, 0.1) is 18.1 Å². The maximum Gasteiger partial charge on any atom is 0.416 e. The second-order valence-corrected chi connectivity index (χ2v) is 7.65. The lowest BCUT2D eigenvalue weighted by Gasteiger charge is -2.38. The number of carbonyl (C=O) groups is 1. The predicted molar refractivity (Wildman–Crippen MR) is 107 cm³/mol. The number of alkyl halides is 3. The van der Waals surface area contributed by atoms with Crippen molar-refractivity contribution in [2.24, 2.45) is 5.92 Å². The standard InChI is InChI=1S/C20H18F5N5O3/c1-9-13-2-11(21)3-14(22)16(13)33-15(9)17(20(23,24)25)29-19(32)28-12-4-26-18(27-5-12)30-6-10(7-30)8-31/h2-5,10,17,31H,6-8H2,1H3,(H2,28,29,32). The molecule has 13 heteroatoms. The van der Waals surface area contributed by atoms with E-state index in [1.54, 1.807) is 10.2 Å². The number of aliphatic hydroxyl groups excluding tert-OH is 1. The molecular weight excluding hydrogens is 453 g/mol. The summed E-state index contributed by atoms with van der Waals surface area (Å²) in [6.45, 7) is 2.39. The van der Waals surface area contributed by atoms with Crippen LogP contribution in [0.3, 0.4) is 0 Å². The second-order valence-electron chi connectivity index (χ2n) is 7.65. The molecule has 1 unspecified atom stereocenters. The molecule has 1 aliphatic rings. The number of hydrogen-bond acceptors (Lipinski definition) is 6. The highest BCUT2D eigenvalue weighted by molar-refractivity contribution is 5.89. The summed E-state index contributed by atoms with van der Waals surface area (Å²) in [6, 6.07) is -2.51. The van der Waals surface area contributed by atoms with Gasteiger partial charge in [0.1, 0.15) is 11.6 Å². The van der Waals surface area contributed by atoms with Gasteiger partial charge in [-0.25, -0.2) is 23.5 Å². The van der Waals surface area contributed by atoms with Crippen molar-refractivity contribution in [3.05, 3.63) is 47.5 Å². The lowest BCUT2D eigenvalue weighted by molar-refractivity contribution is -0.158. The summed E-state index contributed by atoms with van der Waals surface area (Å²) < 4.78 is 73.7. The molecule has 2 amide bonds. The summed E-state index contributed by atoms with van der Waals surface area (Å²) in [4.78, 5) is 22.1. The second kappa shape index (κ2) is 8.46. The van der Waals surface area contributed by atoms with Crippen LogP contribution in [0.25, 0.3) is 11.0 Å². The average molecular weight is 471 g/mol. The third-order valence-corrected chi connectivity index (χ3v) is 5.25. The van der Waals surface area contributed by atoms with Crippen molar-refractivity contribution < 1.29 is 36.3 Å². The Balaban J connectivity index is 1.51. The van der Waals surface area contributed by atoms with Crippen LogP contribution in [-0.2, 0) is 0 Å². The number of rotatable bonds is 5. The smallest absolute Gasteiger partial charge is 0.416 e. The number of nitrogens with zero attached hydrogens (tertiary/aromatic N) is 3. The van der Waals surface area contributed by atoms with E-state index in [4.69, 9.17) is 9.52 Å². The number of fused-ring (bicyclic) bond motifs is 1. The molecule has 8 nitrogen and oxygen atoms in total. The first kappa shape index (κ1) is 22.7. The van der Waals surface area contributed by atoms with E-state index in [1.807, 2.05) is 0 Å². The molecule has 0 bridgehead atoms. The van der Waals surface area contributed by atoms with Gasteiger partial charge >= 0.3 is 12.2 Å². The zero-order chi connectivity index (χ0) is 23.9. The molecule has 3 heterocycles. The highest BCUT2D eigenvalue weighted by Crippen LogP contribution is 2.39. The quantitative estimate of drug-likeness (QED) is 0.491. The molecule has 0 aliphatic carbocycles. The monoisotopic (exact) mass is 471 g/mol. The van der Waals surface area contributed by atoms with Crippen molar-refractivity contribution in [3.8, 4) is 0 Å². The molecule has 2 aromatic heterocycles. The van der Waals surface area contributed by atoms with Crippen molar-refractivity contribution in [1.29, 1.82) is 0 Å². The minimum atomic E-state index is -4.99. The normalized spacial score (nSPS) is 15.4. The predicted octanol–water partition coefficient (Wildman–Crippen LogP) is 3.66. The maximum atomic E-state index is 14.0. The molecule has 1 aliphatic heterocycles. The topological polar surface area (TPSA) is 104 Å². The largest absolute Gasteiger partial charge is 0.455 e. The highest BCUT2D eigenvalue weighted by atomic mass is 19.4. The van der Waals surface area contributed by atoms with E-state index < -0.39 is 41.2 Å². The van der Waals surface area contributed by atoms with Gasteiger partial charge in [0.25, 0.3) is 0 Å². The number of halogens is 5. The third-order valence-electron chi connectivity index (χ3n) is 5.25. The molecule has 0 saturated carbocycles. The van der Waals surface area contributed by atoms with Gasteiger partial charge in [0.2, 0.25) is 5.95 Å². The van der Waals surface area contributed by atoms with Crippen LogP contribution in [0.15, 0.2) is 28.9 Å². The Kier molecular flexibility index (Phi) is 5.82. The number of nitrogens with one attached hydrogen (secondary N) is 2. The van der Waals surface area contributed by atoms with Gasteiger partial charge in [-0.2, -0.15) is 13.2 Å². The first-order valence-electron chi connectivity index (χ1n) is 9.77. The number of carbonyl (C=O) groups excluding carboxylic acids is 1. The molecule has 0 radical (unpaired) electrons. The lowest BCUT2D eigenvalue weighted by atomic mass is 10.0. The van der Waals surface area contributed by atoms with Gasteiger partial charge in [-0.1, -0.05) is 0 Å². The average Bonchev–Trinajstić information content (AvgIpc) is 3.02. The van der Waals surface area contributed by atoms with E-state index in [0.717, 1.165) is 6.07 Å². The van der Waals surface area contributed by atoms with Gasteiger partial charge in [-0.15, -0.1) is 0 Å². The number of amides is 2. The van der Waals surface area contributed by atoms with E-state index in [9.17, 15) is 26.7 Å². The number of aliphatic hydroxyl groups is 1. The summed E-state index contributed by atoms with van der Waals surface area (Å²) in [7, 11) is 0. The minimum absolute atomic E-state index is 0.0332. The van der Waals surface area contributed by atoms with Gasteiger partial charge in [-0.3, -0.25) is 0 Å². The molecule has 3 aromatic rings. The minimum Gasteiger partial charge on any atom is -0.455 e. The van der Waals surface area contributed by atoms with Crippen molar-refractivity contribution in [1.82, 2.24) is 15.3 Å². The Hall–Kier alpha value is -3.48. The summed E-state index contributed by atoms with van der Waals surface area (Å²) >= 11 is 0. The number of hydrogen-bond donors (Lipinski definition) is 3. The number of aryl methyl sites for hydroxylation is 1. The Morgan fingerprint density at radius 3 is 2.55 bits per heavy atom. The van der Waals surface area contributed by atoms with E-state index in [2.05, 4.69) is 15.3 Å². The number of benzene rings is 1. The molecule has 4 rings (SSSR count). The fourth-order valence-electron chi connectivity index (χ4n) is 3.53. The Bertz CT molecular complexity index is 1180. The summed E-state index contributed by atoms with van der Waals surface area (Å²) in [6.07, 6.45) is -2.55. The van der Waals surface area contributed by atoms with Gasteiger partial charge < -0.3 is 25.1 Å². The zero-order valence-electron chi connectivity index (χ0n) is 17.1. The summed E-state index contributed by atoms with van der Waals surface area (Å²) in [5, 5.41) is 12.8. The zero-order valence-corrected chi connectivity index (χ0v) is 17.1. The Labute approximate surface area is 183 Å². The Morgan fingerprint density at radius 2 is 1.94 bits per heavy atom. The van der Waals surface area contributed by atoms with Crippen molar-refractivity contribution in [2.75, 3.05) is 29.9 Å². The lowest BCUT2D eigenvalue weighted by Crippen LogP contribution is -2.49. The molecule has 1 aromatic carbocycles. The summed E-state index contributed by atoms with van der Waals surface area (Å²) in [5.74, 6) is -2.41. The molecular formula is C20H18F5N5O3. The van der Waals surface area contributed by atoms with Crippen molar-refractivity contribution in [3.63, 3.8) is 0 Å². The molecule has 33 heavy (non-hydrogen) atoms. The Morgan fingerprint density at radius 1 is 1.27 bits per heavy atom. The molecule has 1 fully saturated rings. The molecule has 1 atom stereocenters. The van der Waals surface area contributed by atoms with Crippen molar-refractivity contribution >= 4 is 28.6 Å². The van der Waals surface area contributed by atoms with Crippen LogP contribution in [0, 0.1) is 24.5 Å². The summed E-state index contributed by atoms with van der Waals surface area (Å²) in [5.41, 5.74) is -0.668. The van der Waals surface area contributed by atoms with Crippen LogP contribution in [0.1, 0.15) is 17.4 Å². The molecule has 1 saturated heterocycles. The van der Waals surface area contributed by atoms with Crippen LogP contribution in [-0.4, -0.2) is 47.0 Å². The first-order valence-corrected chi connectivity index (χ1v) is 9.77. The van der Waals surface area contributed by atoms with Crippen LogP contribution >= 0.6 is 0 Å². The molecule has 176 valence electrons. The number of furan rings is 1. The molecule has 0 spiro atoms. The van der Waals surface area contributed by atoms with Crippen LogP contribution in [0.2, 0.25) is 0 Å². The van der Waals surface area contributed by atoms with E-state index >= 15 is 0 Å². The van der Waals surface area contributed by atoms with Crippen LogP contribution in [0.5, 0.6) is 0 Å². The van der Waals surface area contributed by atoms with Crippen LogP contribution in [0.4, 0.5) is 38.4 Å². The van der Waals surface area contributed by atoms with Gasteiger partial charge in [0.15, 0.2) is 17.4 Å². The van der Waals surface area contributed by atoms with Gasteiger partial charge in [-0.05, 0) is 13.0 Å². The fraction of sp³-hybridized carbons (Fsp3) is 0.350.